The molecule has 0 unspecified atom stereocenters. The van der Waals surface area contributed by atoms with Crippen LogP contribution in [0.4, 0.5) is 0 Å². The van der Waals surface area contributed by atoms with Crippen LogP contribution < -0.4 is 0 Å². The SMILES string of the molecule is C=C/C=C\c1c(C)ccc2c1CCCn1c-2c(C2CCCCC2)c2sc(C(=O)O)cc21. The van der Waals surface area contributed by atoms with Gasteiger partial charge in [-0.1, -0.05) is 56.2 Å². The summed E-state index contributed by atoms with van der Waals surface area (Å²) in [6.45, 7) is 6.98. The summed E-state index contributed by atoms with van der Waals surface area (Å²) in [5.41, 5.74) is 9.27. The van der Waals surface area contributed by atoms with Gasteiger partial charge in [-0.15, -0.1) is 11.3 Å². The molecule has 1 aliphatic heterocycles. The van der Waals surface area contributed by atoms with Crippen molar-refractivity contribution in [3.63, 3.8) is 0 Å². The normalized spacial score (nSPS) is 16.9. The number of carboxylic acid groups (broad SMARTS) is 1. The maximum atomic E-state index is 11.8. The molecular formula is C27H29NO2S. The van der Waals surface area contributed by atoms with Gasteiger partial charge in [0.2, 0.25) is 0 Å². The zero-order valence-electron chi connectivity index (χ0n) is 18.1. The highest BCUT2D eigenvalue weighted by Crippen LogP contribution is 2.49. The molecular weight excluding hydrogens is 402 g/mol. The van der Waals surface area contributed by atoms with Crippen molar-refractivity contribution >= 4 is 33.6 Å². The molecule has 2 aliphatic rings. The highest BCUT2D eigenvalue weighted by Gasteiger charge is 2.31. The quantitative estimate of drug-likeness (QED) is 0.433. The number of thiophene rings is 1. The summed E-state index contributed by atoms with van der Waals surface area (Å²) in [5.74, 6) is -0.293. The van der Waals surface area contributed by atoms with E-state index in [9.17, 15) is 9.90 Å². The van der Waals surface area contributed by atoms with Gasteiger partial charge in [0.25, 0.3) is 0 Å². The predicted molar refractivity (Wildman–Crippen MR) is 130 cm³/mol. The minimum absolute atomic E-state index is 0.459. The first-order chi connectivity index (χ1) is 15.1. The molecule has 3 heterocycles. The third kappa shape index (κ3) is 3.38. The molecule has 5 rings (SSSR count). The molecule has 0 saturated heterocycles. The number of hydrogen-bond donors (Lipinski definition) is 1. The van der Waals surface area contributed by atoms with Gasteiger partial charge >= 0.3 is 5.97 Å². The first-order valence-corrected chi connectivity index (χ1v) is 12.2. The molecule has 1 fully saturated rings. The lowest BCUT2D eigenvalue weighted by molar-refractivity contribution is 0.0702. The highest BCUT2D eigenvalue weighted by atomic mass is 32.1. The van der Waals surface area contributed by atoms with E-state index in [1.807, 2.05) is 18.2 Å². The number of fused-ring (bicyclic) bond motifs is 5. The summed E-state index contributed by atoms with van der Waals surface area (Å²) in [6.07, 6.45) is 14.4. The van der Waals surface area contributed by atoms with Crippen molar-refractivity contribution in [3.05, 3.63) is 64.1 Å². The summed E-state index contributed by atoms with van der Waals surface area (Å²) in [5, 5.41) is 9.66. The molecule has 3 nitrogen and oxygen atoms in total. The number of carbonyl (C=O) groups is 1. The molecule has 0 atom stereocenters. The molecule has 31 heavy (non-hydrogen) atoms. The van der Waals surface area contributed by atoms with Gasteiger partial charge in [0.05, 0.1) is 15.9 Å². The van der Waals surface area contributed by atoms with E-state index in [0.717, 1.165) is 24.9 Å². The Kier molecular flexibility index (Phi) is 5.35. The number of aromatic carboxylic acids is 1. The topological polar surface area (TPSA) is 42.2 Å². The zero-order chi connectivity index (χ0) is 21.5. The van der Waals surface area contributed by atoms with Crippen molar-refractivity contribution in [1.29, 1.82) is 0 Å². The van der Waals surface area contributed by atoms with E-state index in [2.05, 4.69) is 36.3 Å². The minimum atomic E-state index is -0.813. The van der Waals surface area contributed by atoms with Crippen molar-refractivity contribution < 1.29 is 9.90 Å². The molecule has 1 aromatic carbocycles. The lowest BCUT2D eigenvalue weighted by Crippen LogP contribution is -2.07. The van der Waals surface area contributed by atoms with Crippen LogP contribution in [0.5, 0.6) is 0 Å². The van der Waals surface area contributed by atoms with E-state index in [1.54, 1.807) is 0 Å². The van der Waals surface area contributed by atoms with Gasteiger partial charge < -0.3 is 9.67 Å². The molecule has 2 aromatic heterocycles. The van der Waals surface area contributed by atoms with E-state index >= 15 is 0 Å². The minimum Gasteiger partial charge on any atom is -0.477 e. The fourth-order valence-corrected chi connectivity index (χ4v) is 6.75. The third-order valence-electron chi connectivity index (χ3n) is 7.03. The van der Waals surface area contributed by atoms with Gasteiger partial charge in [0.1, 0.15) is 4.88 Å². The molecule has 1 aliphatic carbocycles. The summed E-state index contributed by atoms with van der Waals surface area (Å²) in [6, 6.07) is 6.46. The number of rotatable bonds is 4. The van der Waals surface area contributed by atoms with Crippen LogP contribution in [-0.4, -0.2) is 15.6 Å². The number of nitrogens with zero attached hydrogens (tertiary/aromatic N) is 1. The van der Waals surface area contributed by atoms with E-state index in [4.69, 9.17) is 0 Å². The Balaban J connectivity index is 1.82. The molecule has 0 amide bonds. The van der Waals surface area contributed by atoms with Crippen LogP contribution in [0.1, 0.15) is 76.4 Å². The van der Waals surface area contributed by atoms with Crippen LogP contribution in [0.3, 0.4) is 0 Å². The first kappa shape index (κ1) is 20.3. The Bertz CT molecular complexity index is 1200. The van der Waals surface area contributed by atoms with Crippen LogP contribution in [0, 0.1) is 6.92 Å². The summed E-state index contributed by atoms with van der Waals surface area (Å²) < 4.78 is 3.64. The van der Waals surface area contributed by atoms with Crippen LogP contribution in [-0.2, 0) is 13.0 Å². The molecule has 3 aromatic rings. The van der Waals surface area contributed by atoms with Crippen LogP contribution in [0.2, 0.25) is 0 Å². The molecule has 0 bridgehead atoms. The maximum absolute atomic E-state index is 11.8. The Morgan fingerprint density at radius 2 is 2.03 bits per heavy atom. The fraction of sp³-hybridized carbons (Fsp3) is 0.370. The van der Waals surface area contributed by atoms with Gasteiger partial charge in [-0.25, -0.2) is 4.79 Å². The van der Waals surface area contributed by atoms with Crippen molar-refractivity contribution in [1.82, 2.24) is 4.57 Å². The van der Waals surface area contributed by atoms with Crippen LogP contribution in [0.25, 0.3) is 27.6 Å². The standard InChI is InChI=1S/C27H29NO2S/c1-3-4-11-19-17(2)13-14-21-20(19)12-8-15-28-22-16-23(27(29)30)31-26(22)24(25(21)28)18-9-6-5-7-10-18/h3-4,11,13-14,16,18H,1,5-10,12,15H2,2H3,(H,29,30)/b11-4-. The molecule has 1 N–H and O–H groups in total. The van der Waals surface area contributed by atoms with Gasteiger partial charge in [0, 0.05) is 12.1 Å². The average molecular weight is 432 g/mol. The average Bonchev–Trinajstić information content (AvgIpc) is 3.26. The Hall–Kier alpha value is -2.59. The highest BCUT2D eigenvalue weighted by molar-refractivity contribution is 7.21. The number of hydrogen-bond acceptors (Lipinski definition) is 2. The van der Waals surface area contributed by atoms with E-state index < -0.39 is 5.97 Å². The van der Waals surface area contributed by atoms with Gasteiger partial charge in [0.15, 0.2) is 0 Å². The first-order valence-electron chi connectivity index (χ1n) is 11.4. The van der Waals surface area contributed by atoms with Crippen molar-refractivity contribution in [2.75, 3.05) is 0 Å². The number of allylic oxidation sites excluding steroid dienone is 2. The van der Waals surface area contributed by atoms with Crippen LogP contribution in [0.15, 0.2) is 36.9 Å². The Morgan fingerprint density at radius 1 is 1.23 bits per heavy atom. The number of benzene rings is 1. The van der Waals surface area contributed by atoms with Crippen molar-refractivity contribution in [2.45, 2.75) is 64.3 Å². The Morgan fingerprint density at radius 3 is 2.77 bits per heavy atom. The third-order valence-corrected chi connectivity index (χ3v) is 8.18. The van der Waals surface area contributed by atoms with E-state index in [-0.39, 0.29) is 0 Å². The second-order valence-corrected chi connectivity index (χ2v) is 9.95. The molecule has 0 spiro atoms. The zero-order valence-corrected chi connectivity index (χ0v) is 18.9. The number of aromatic nitrogens is 1. The maximum Gasteiger partial charge on any atom is 0.345 e. The second kappa shape index (κ2) is 8.16. The Labute approximate surface area is 187 Å². The molecule has 1 saturated carbocycles. The second-order valence-electron chi connectivity index (χ2n) is 8.90. The molecule has 0 radical (unpaired) electrons. The largest absolute Gasteiger partial charge is 0.477 e. The smallest absolute Gasteiger partial charge is 0.345 e. The summed E-state index contributed by atoms with van der Waals surface area (Å²) >= 11 is 1.47. The fourth-order valence-electron chi connectivity index (χ4n) is 5.63. The van der Waals surface area contributed by atoms with E-state index in [1.165, 1.54) is 81.7 Å². The van der Waals surface area contributed by atoms with Gasteiger partial charge in [-0.3, -0.25) is 0 Å². The monoisotopic (exact) mass is 431 g/mol. The van der Waals surface area contributed by atoms with Crippen molar-refractivity contribution in [3.8, 4) is 11.3 Å². The van der Waals surface area contributed by atoms with Crippen molar-refractivity contribution in [2.24, 2.45) is 0 Å². The van der Waals surface area contributed by atoms with Crippen LogP contribution >= 0.6 is 11.3 Å². The summed E-state index contributed by atoms with van der Waals surface area (Å²) in [7, 11) is 0. The van der Waals surface area contributed by atoms with Gasteiger partial charge in [-0.05, 0) is 66.8 Å². The van der Waals surface area contributed by atoms with E-state index in [0.29, 0.717) is 10.8 Å². The van der Waals surface area contributed by atoms with Gasteiger partial charge in [-0.2, -0.15) is 0 Å². The predicted octanol–water partition coefficient (Wildman–Crippen LogP) is 7.57. The summed E-state index contributed by atoms with van der Waals surface area (Å²) in [4.78, 5) is 12.2. The molecule has 160 valence electrons. The number of aryl methyl sites for hydroxylation is 2. The lowest BCUT2D eigenvalue weighted by Gasteiger charge is -2.24. The number of carboxylic acids is 1. The lowest BCUT2D eigenvalue weighted by atomic mass is 9.82. The molecule has 4 heteroatoms.